The molecule has 0 amide bonds. The van der Waals surface area contributed by atoms with E-state index in [4.69, 9.17) is 4.98 Å². The van der Waals surface area contributed by atoms with Crippen LogP contribution in [0.25, 0.3) is 0 Å². The van der Waals surface area contributed by atoms with E-state index < -0.39 is 0 Å². The number of aryl methyl sites for hydroxylation is 1. The third-order valence-electron chi connectivity index (χ3n) is 4.07. The monoisotopic (exact) mass is 289 g/mol. The number of rotatable bonds is 4. The second-order valence-corrected chi connectivity index (χ2v) is 6.87. The summed E-state index contributed by atoms with van der Waals surface area (Å²) >= 11 is 1.78. The van der Waals surface area contributed by atoms with Crippen molar-refractivity contribution < 1.29 is 0 Å². The minimum absolute atomic E-state index is 0.528. The van der Waals surface area contributed by atoms with E-state index in [0.717, 1.165) is 6.54 Å². The van der Waals surface area contributed by atoms with Gasteiger partial charge in [0.25, 0.3) is 0 Å². The second-order valence-electron chi connectivity index (χ2n) is 5.98. The van der Waals surface area contributed by atoms with Crippen LogP contribution in [0.5, 0.6) is 0 Å². The van der Waals surface area contributed by atoms with E-state index in [-0.39, 0.29) is 0 Å². The molecule has 0 bridgehead atoms. The quantitative estimate of drug-likeness (QED) is 0.930. The smallest absolute Gasteiger partial charge is 0.0954 e. The Morgan fingerprint density at radius 3 is 3.00 bits per heavy atom. The molecule has 2 aromatic heterocycles. The van der Waals surface area contributed by atoms with E-state index >= 15 is 0 Å². The van der Waals surface area contributed by atoms with Crippen LogP contribution in [0.1, 0.15) is 60.5 Å². The summed E-state index contributed by atoms with van der Waals surface area (Å²) in [6.45, 7) is 5.30. The van der Waals surface area contributed by atoms with Gasteiger partial charge in [0.05, 0.1) is 17.2 Å². The fourth-order valence-electron chi connectivity index (χ4n) is 2.99. The standard InChI is InChI=1S/C16H23N3S/c1-11(2)16-18-13(10-20-16)8-19-7-12-5-4-6-15(17-3)14(12)9-19/h7,9-11,15,17H,4-6,8H2,1-3H3. The topological polar surface area (TPSA) is 29.9 Å². The van der Waals surface area contributed by atoms with E-state index in [2.05, 4.69) is 48.6 Å². The molecule has 1 atom stereocenters. The van der Waals surface area contributed by atoms with Gasteiger partial charge in [-0.3, -0.25) is 0 Å². The predicted octanol–water partition coefficient (Wildman–Crippen LogP) is 3.71. The zero-order valence-electron chi connectivity index (χ0n) is 12.5. The molecule has 3 nitrogen and oxygen atoms in total. The van der Waals surface area contributed by atoms with Gasteiger partial charge < -0.3 is 9.88 Å². The Morgan fingerprint density at radius 2 is 2.30 bits per heavy atom. The Balaban J connectivity index is 1.79. The van der Waals surface area contributed by atoms with Crippen molar-refractivity contribution in [3.8, 4) is 0 Å². The lowest BCUT2D eigenvalue weighted by atomic mass is 9.91. The fourth-order valence-corrected chi connectivity index (χ4v) is 3.81. The molecule has 2 heterocycles. The molecule has 108 valence electrons. The Hall–Kier alpha value is -1.13. The van der Waals surface area contributed by atoms with Crippen LogP contribution in [0.4, 0.5) is 0 Å². The fraction of sp³-hybridized carbons (Fsp3) is 0.562. The summed E-state index contributed by atoms with van der Waals surface area (Å²) in [7, 11) is 2.06. The highest BCUT2D eigenvalue weighted by Gasteiger charge is 2.20. The van der Waals surface area contributed by atoms with Crippen molar-refractivity contribution in [2.24, 2.45) is 0 Å². The number of hydrogen-bond acceptors (Lipinski definition) is 3. The van der Waals surface area contributed by atoms with E-state index in [1.165, 1.54) is 41.1 Å². The zero-order chi connectivity index (χ0) is 14.1. The van der Waals surface area contributed by atoms with Gasteiger partial charge in [-0.15, -0.1) is 11.3 Å². The zero-order valence-corrected chi connectivity index (χ0v) is 13.3. The van der Waals surface area contributed by atoms with Gasteiger partial charge in [-0.05, 0) is 37.4 Å². The molecule has 20 heavy (non-hydrogen) atoms. The van der Waals surface area contributed by atoms with Crippen LogP contribution < -0.4 is 5.32 Å². The first-order valence-corrected chi connectivity index (χ1v) is 8.35. The maximum Gasteiger partial charge on any atom is 0.0954 e. The first kappa shape index (κ1) is 13.8. The second kappa shape index (κ2) is 5.70. The molecular formula is C16H23N3S. The first-order chi connectivity index (χ1) is 9.67. The van der Waals surface area contributed by atoms with E-state index in [1.807, 2.05) is 0 Å². The van der Waals surface area contributed by atoms with Crippen LogP contribution in [0, 0.1) is 0 Å². The summed E-state index contributed by atoms with van der Waals surface area (Å²) in [4.78, 5) is 4.73. The highest BCUT2D eigenvalue weighted by Crippen LogP contribution is 2.30. The molecule has 1 N–H and O–H groups in total. The Bertz CT molecular complexity index is 582. The lowest BCUT2D eigenvalue weighted by Crippen LogP contribution is -2.20. The molecule has 1 aliphatic carbocycles. The number of hydrogen-bond donors (Lipinski definition) is 1. The van der Waals surface area contributed by atoms with Crippen molar-refractivity contribution in [3.63, 3.8) is 0 Å². The number of thiazole rings is 1. The van der Waals surface area contributed by atoms with E-state index in [0.29, 0.717) is 12.0 Å². The normalized spacial score (nSPS) is 18.5. The Morgan fingerprint density at radius 1 is 1.45 bits per heavy atom. The maximum atomic E-state index is 4.73. The summed E-state index contributed by atoms with van der Waals surface area (Å²) in [5, 5.41) is 6.87. The van der Waals surface area contributed by atoms with Gasteiger partial charge in [0.15, 0.2) is 0 Å². The SMILES string of the molecule is CNC1CCCc2cn(Cc3csc(C(C)C)n3)cc21. The van der Waals surface area contributed by atoms with Crippen LogP contribution >= 0.6 is 11.3 Å². The third-order valence-corrected chi connectivity index (χ3v) is 5.26. The summed E-state index contributed by atoms with van der Waals surface area (Å²) in [6.07, 6.45) is 8.38. The molecule has 0 saturated carbocycles. The third kappa shape index (κ3) is 2.67. The molecule has 4 heteroatoms. The van der Waals surface area contributed by atoms with Gasteiger partial charge in [0, 0.05) is 29.7 Å². The Labute approximate surface area is 125 Å². The average molecular weight is 289 g/mol. The van der Waals surface area contributed by atoms with Crippen LogP contribution in [0.2, 0.25) is 0 Å². The van der Waals surface area contributed by atoms with Crippen molar-refractivity contribution in [2.45, 2.75) is 51.6 Å². The van der Waals surface area contributed by atoms with Gasteiger partial charge in [0.1, 0.15) is 0 Å². The summed E-state index contributed by atoms with van der Waals surface area (Å²) in [5.41, 5.74) is 4.18. The van der Waals surface area contributed by atoms with Gasteiger partial charge in [-0.2, -0.15) is 0 Å². The largest absolute Gasteiger partial charge is 0.348 e. The highest BCUT2D eigenvalue weighted by molar-refractivity contribution is 7.09. The van der Waals surface area contributed by atoms with Crippen molar-refractivity contribution in [3.05, 3.63) is 39.6 Å². The van der Waals surface area contributed by atoms with Crippen molar-refractivity contribution in [2.75, 3.05) is 7.05 Å². The minimum Gasteiger partial charge on any atom is -0.348 e. The molecule has 3 rings (SSSR count). The van der Waals surface area contributed by atoms with Gasteiger partial charge in [-0.1, -0.05) is 13.8 Å². The first-order valence-electron chi connectivity index (χ1n) is 7.47. The number of nitrogens with zero attached hydrogens (tertiary/aromatic N) is 2. The predicted molar refractivity (Wildman–Crippen MR) is 84.5 cm³/mol. The molecule has 0 radical (unpaired) electrons. The number of nitrogens with one attached hydrogen (secondary N) is 1. The van der Waals surface area contributed by atoms with Gasteiger partial charge >= 0.3 is 0 Å². The molecular weight excluding hydrogens is 266 g/mol. The van der Waals surface area contributed by atoms with Crippen molar-refractivity contribution >= 4 is 11.3 Å². The molecule has 0 fully saturated rings. The average Bonchev–Trinajstić information content (AvgIpc) is 3.04. The van der Waals surface area contributed by atoms with Crippen LogP contribution in [0.15, 0.2) is 17.8 Å². The lowest BCUT2D eigenvalue weighted by Gasteiger charge is -2.21. The number of aromatic nitrogens is 2. The molecule has 2 aromatic rings. The summed E-state index contributed by atoms with van der Waals surface area (Å²) < 4.78 is 2.31. The van der Waals surface area contributed by atoms with E-state index in [9.17, 15) is 0 Å². The van der Waals surface area contributed by atoms with Crippen molar-refractivity contribution in [1.29, 1.82) is 0 Å². The maximum absolute atomic E-state index is 4.73. The molecule has 0 aromatic carbocycles. The van der Waals surface area contributed by atoms with Gasteiger partial charge in [0.2, 0.25) is 0 Å². The number of fused-ring (bicyclic) bond motifs is 1. The lowest BCUT2D eigenvalue weighted by molar-refractivity contribution is 0.498. The van der Waals surface area contributed by atoms with Gasteiger partial charge in [-0.25, -0.2) is 4.98 Å². The van der Waals surface area contributed by atoms with Crippen LogP contribution in [-0.2, 0) is 13.0 Å². The molecule has 1 aliphatic rings. The van der Waals surface area contributed by atoms with Crippen LogP contribution in [-0.4, -0.2) is 16.6 Å². The highest BCUT2D eigenvalue weighted by atomic mass is 32.1. The Kier molecular flexibility index (Phi) is 3.94. The molecule has 1 unspecified atom stereocenters. The minimum atomic E-state index is 0.528. The molecule has 0 aliphatic heterocycles. The molecule has 0 saturated heterocycles. The van der Waals surface area contributed by atoms with Crippen LogP contribution in [0.3, 0.4) is 0 Å². The molecule has 0 spiro atoms. The van der Waals surface area contributed by atoms with Crippen molar-refractivity contribution in [1.82, 2.24) is 14.9 Å². The summed E-state index contributed by atoms with van der Waals surface area (Å²) in [6, 6.07) is 0.529. The summed E-state index contributed by atoms with van der Waals surface area (Å²) in [5.74, 6) is 0.528. The van der Waals surface area contributed by atoms with E-state index in [1.54, 1.807) is 11.3 Å².